The fourth-order valence-electron chi connectivity index (χ4n) is 2.09. The van der Waals surface area contributed by atoms with Crippen molar-refractivity contribution in [3.8, 4) is 0 Å². The smallest absolute Gasteiger partial charge is 0.143 e. The fraction of sp³-hybridized carbons (Fsp3) is 0.692. The molecule has 0 amide bonds. The molecule has 1 heterocycles. The van der Waals surface area contributed by atoms with Crippen LogP contribution in [0.4, 0.5) is 0 Å². The zero-order chi connectivity index (χ0) is 15.3. The zero-order valence-corrected chi connectivity index (χ0v) is 14.2. The van der Waals surface area contributed by atoms with Crippen LogP contribution in [-0.2, 0) is 20.0 Å². The van der Waals surface area contributed by atoms with Crippen LogP contribution in [0, 0.1) is 5.92 Å². The van der Waals surface area contributed by atoms with Crippen molar-refractivity contribution in [1.82, 2.24) is 14.7 Å². The minimum atomic E-state index is 0.0117. The Morgan fingerprint density at radius 1 is 1.55 bits per heavy atom. The molecule has 0 aliphatic heterocycles. The largest absolute Gasteiger partial charge is 0.409 e. The lowest BCUT2D eigenvalue weighted by Crippen LogP contribution is -2.35. The summed E-state index contributed by atoms with van der Waals surface area (Å²) >= 11 is 3.63. The normalized spacial score (nSPS) is 14.0. The molecule has 7 heteroatoms. The molecule has 1 aromatic heterocycles. The van der Waals surface area contributed by atoms with Gasteiger partial charge < -0.3 is 10.9 Å². The van der Waals surface area contributed by atoms with Crippen LogP contribution >= 0.6 is 15.9 Å². The topological polar surface area (TPSA) is 79.7 Å². The highest BCUT2D eigenvalue weighted by Gasteiger charge is 2.18. The zero-order valence-electron chi connectivity index (χ0n) is 12.6. The highest BCUT2D eigenvalue weighted by atomic mass is 79.9. The number of nitrogens with zero attached hydrogens (tertiary/aromatic N) is 4. The Morgan fingerprint density at radius 2 is 2.20 bits per heavy atom. The summed E-state index contributed by atoms with van der Waals surface area (Å²) in [7, 11) is 1.96. The molecule has 1 rings (SSSR count). The summed E-state index contributed by atoms with van der Waals surface area (Å²) in [6, 6.07) is 0. The fourth-order valence-corrected chi connectivity index (χ4v) is 2.83. The molecule has 0 spiro atoms. The molecule has 0 saturated carbocycles. The van der Waals surface area contributed by atoms with Gasteiger partial charge >= 0.3 is 0 Å². The first-order valence-electron chi connectivity index (χ1n) is 6.84. The highest BCUT2D eigenvalue weighted by Crippen LogP contribution is 2.23. The number of nitrogens with two attached hydrogens (primary N) is 1. The minimum absolute atomic E-state index is 0.0117. The van der Waals surface area contributed by atoms with E-state index in [1.165, 1.54) is 0 Å². The van der Waals surface area contributed by atoms with Crippen molar-refractivity contribution < 1.29 is 5.21 Å². The summed E-state index contributed by atoms with van der Waals surface area (Å²) in [5.41, 5.74) is 7.87. The molecule has 0 radical (unpaired) electrons. The number of rotatable bonds is 7. The second-order valence-electron chi connectivity index (χ2n) is 4.94. The number of aryl methyl sites for hydroxylation is 2. The van der Waals surface area contributed by atoms with Crippen molar-refractivity contribution in [3.05, 3.63) is 15.9 Å². The molecule has 0 aliphatic rings. The molecule has 114 valence electrons. The van der Waals surface area contributed by atoms with Crippen molar-refractivity contribution in [2.75, 3.05) is 13.1 Å². The Hall–Kier alpha value is -1.08. The molecule has 0 fully saturated rings. The maximum atomic E-state index is 8.73. The van der Waals surface area contributed by atoms with Gasteiger partial charge in [0.2, 0.25) is 0 Å². The third kappa shape index (κ3) is 3.96. The lowest BCUT2D eigenvalue weighted by molar-refractivity contribution is 0.251. The van der Waals surface area contributed by atoms with Gasteiger partial charge in [0.25, 0.3) is 0 Å². The van der Waals surface area contributed by atoms with Crippen LogP contribution in [0.25, 0.3) is 0 Å². The Labute approximate surface area is 128 Å². The first-order chi connectivity index (χ1) is 9.44. The predicted molar refractivity (Wildman–Crippen MR) is 83.8 cm³/mol. The molecule has 1 unspecified atom stereocenters. The number of oxime groups is 1. The average Bonchev–Trinajstić information content (AvgIpc) is 2.72. The van der Waals surface area contributed by atoms with Gasteiger partial charge in [0.05, 0.1) is 15.9 Å². The van der Waals surface area contributed by atoms with Crippen LogP contribution in [0.15, 0.2) is 9.63 Å². The highest BCUT2D eigenvalue weighted by molar-refractivity contribution is 9.10. The first kappa shape index (κ1) is 17.0. The monoisotopic (exact) mass is 345 g/mol. The maximum absolute atomic E-state index is 8.73. The average molecular weight is 346 g/mol. The van der Waals surface area contributed by atoms with Crippen molar-refractivity contribution in [3.63, 3.8) is 0 Å². The predicted octanol–water partition coefficient (Wildman–Crippen LogP) is 1.95. The molecule has 0 bridgehead atoms. The van der Waals surface area contributed by atoms with Crippen molar-refractivity contribution >= 4 is 21.8 Å². The van der Waals surface area contributed by atoms with Gasteiger partial charge in [0, 0.05) is 26.1 Å². The number of halogens is 1. The van der Waals surface area contributed by atoms with Gasteiger partial charge in [0.15, 0.2) is 0 Å². The Balaban J connectivity index is 2.81. The number of hydrogen-bond donors (Lipinski definition) is 2. The van der Waals surface area contributed by atoms with Crippen molar-refractivity contribution in [2.24, 2.45) is 23.9 Å². The molecule has 1 aromatic rings. The van der Waals surface area contributed by atoms with Gasteiger partial charge in [-0.15, -0.1) is 0 Å². The van der Waals surface area contributed by atoms with E-state index in [1.807, 2.05) is 18.7 Å². The first-order valence-corrected chi connectivity index (χ1v) is 7.63. The van der Waals surface area contributed by atoms with Gasteiger partial charge in [-0.1, -0.05) is 25.9 Å². The summed E-state index contributed by atoms with van der Waals surface area (Å²) in [6.07, 6.45) is 0.904. The molecule has 1 atom stereocenters. The number of amidine groups is 1. The second-order valence-corrected chi connectivity index (χ2v) is 5.73. The standard InChI is InChI=1S/C13H24BrN5O/c1-5-10-12(14)11(18(4)16-10)8-19(6-2)7-9(3)13(15)17-20/h9,20H,5-8H2,1-4H3,(H2,15,17). The Kier molecular flexibility index (Phi) is 6.48. The van der Waals surface area contributed by atoms with Crippen LogP contribution < -0.4 is 5.73 Å². The van der Waals surface area contributed by atoms with E-state index in [0.29, 0.717) is 0 Å². The van der Waals surface area contributed by atoms with Gasteiger partial charge in [0.1, 0.15) is 5.84 Å². The number of hydrogen-bond acceptors (Lipinski definition) is 4. The summed E-state index contributed by atoms with van der Waals surface area (Å²) < 4.78 is 3.00. The van der Waals surface area contributed by atoms with Gasteiger partial charge in [-0.25, -0.2) is 0 Å². The van der Waals surface area contributed by atoms with E-state index in [-0.39, 0.29) is 11.8 Å². The molecule has 0 aromatic carbocycles. The number of aromatic nitrogens is 2. The molecule has 0 aliphatic carbocycles. The lowest BCUT2D eigenvalue weighted by Gasteiger charge is -2.23. The van der Waals surface area contributed by atoms with E-state index in [4.69, 9.17) is 10.9 Å². The van der Waals surface area contributed by atoms with E-state index in [1.54, 1.807) is 0 Å². The van der Waals surface area contributed by atoms with Crippen molar-refractivity contribution in [1.29, 1.82) is 0 Å². The van der Waals surface area contributed by atoms with Gasteiger partial charge in [-0.05, 0) is 28.9 Å². The Bertz CT molecular complexity index is 472. The van der Waals surface area contributed by atoms with E-state index in [0.717, 1.165) is 41.9 Å². The van der Waals surface area contributed by atoms with Crippen LogP contribution in [0.1, 0.15) is 32.2 Å². The molecule has 3 N–H and O–H groups in total. The van der Waals surface area contributed by atoms with Crippen LogP contribution in [-0.4, -0.2) is 38.8 Å². The Morgan fingerprint density at radius 3 is 2.65 bits per heavy atom. The summed E-state index contributed by atoms with van der Waals surface area (Å²) in [5.74, 6) is 0.277. The summed E-state index contributed by atoms with van der Waals surface area (Å²) in [5, 5.41) is 16.3. The summed E-state index contributed by atoms with van der Waals surface area (Å²) in [4.78, 5) is 2.25. The van der Waals surface area contributed by atoms with Crippen molar-refractivity contribution in [2.45, 2.75) is 33.7 Å². The summed E-state index contributed by atoms with van der Waals surface area (Å²) in [6.45, 7) is 8.56. The second kappa shape index (κ2) is 7.64. The maximum Gasteiger partial charge on any atom is 0.143 e. The van der Waals surface area contributed by atoms with Crippen LogP contribution in [0.2, 0.25) is 0 Å². The third-order valence-corrected chi connectivity index (χ3v) is 4.39. The van der Waals surface area contributed by atoms with E-state index in [2.05, 4.69) is 44.9 Å². The van der Waals surface area contributed by atoms with Gasteiger partial charge in [-0.3, -0.25) is 9.58 Å². The third-order valence-electron chi connectivity index (χ3n) is 3.48. The minimum Gasteiger partial charge on any atom is -0.409 e. The molecular weight excluding hydrogens is 322 g/mol. The van der Waals surface area contributed by atoms with Gasteiger partial charge in [-0.2, -0.15) is 5.10 Å². The molecule has 0 saturated heterocycles. The lowest BCUT2D eigenvalue weighted by atomic mass is 10.1. The van der Waals surface area contributed by atoms with Crippen LogP contribution in [0.5, 0.6) is 0 Å². The quantitative estimate of drug-likeness (QED) is 0.342. The molecule has 6 nitrogen and oxygen atoms in total. The van der Waals surface area contributed by atoms with E-state index >= 15 is 0 Å². The molecule has 20 heavy (non-hydrogen) atoms. The SMILES string of the molecule is CCc1nn(C)c(CN(CC)CC(C)C(N)=NO)c1Br. The molecular formula is C13H24BrN5O. The van der Waals surface area contributed by atoms with E-state index in [9.17, 15) is 0 Å². The van der Waals surface area contributed by atoms with E-state index < -0.39 is 0 Å². The van der Waals surface area contributed by atoms with Crippen LogP contribution in [0.3, 0.4) is 0 Å².